The second-order valence-electron chi connectivity index (χ2n) is 7.71. The van der Waals surface area contributed by atoms with E-state index < -0.39 is 31.6 Å². The van der Waals surface area contributed by atoms with Crippen molar-refractivity contribution in [3.8, 4) is 11.3 Å². The van der Waals surface area contributed by atoms with E-state index >= 15 is 0 Å². The zero-order valence-corrected chi connectivity index (χ0v) is 17.2. The molecule has 0 amide bonds. The highest BCUT2D eigenvalue weighted by Crippen LogP contribution is 2.39. The molecule has 3 rings (SSSR count). The number of aromatic nitrogens is 1. The van der Waals surface area contributed by atoms with Crippen molar-refractivity contribution in [2.24, 2.45) is 10.7 Å². The van der Waals surface area contributed by atoms with Crippen LogP contribution in [0.4, 0.5) is 4.39 Å². The minimum absolute atomic E-state index is 0.0756. The summed E-state index contributed by atoms with van der Waals surface area (Å²) in [6.07, 6.45) is 0. The van der Waals surface area contributed by atoms with Crippen molar-refractivity contribution in [1.29, 1.82) is 0 Å². The predicted octanol–water partition coefficient (Wildman–Crippen LogP) is 2.69. The number of hydrogen-bond donors (Lipinski definition) is 2. The summed E-state index contributed by atoms with van der Waals surface area (Å²) in [7, 11) is -1.37. The van der Waals surface area contributed by atoms with E-state index in [9.17, 15) is 13.4 Å². The first-order chi connectivity index (χ1) is 12.9. The van der Waals surface area contributed by atoms with Gasteiger partial charge in [-0.1, -0.05) is 0 Å². The number of nitrogens with zero attached hydrogens (tertiary/aromatic N) is 1. The highest BCUT2D eigenvalue weighted by Gasteiger charge is 2.45. The van der Waals surface area contributed by atoms with Gasteiger partial charge in [0.2, 0.25) is 0 Å². The Kier molecular flexibility index (Phi) is 4.66. The molecule has 1 aliphatic rings. The number of nitrogens with one attached hydrogen (secondary N) is 1. The van der Waals surface area contributed by atoms with Crippen molar-refractivity contribution in [1.82, 2.24) is 4.98 Å². The van der Waals surface area contributed by atoms with E-state index in [1.54, 1.807) is 45.0 Å². The molecule has 0 fully saturated rings. The Bertz CT molecular complexity index is 1090. The lowest BCUT2D eigenvalue weighted by atomic mass is 9.91. The third-order valence-corrected chi connectivity index (χ3v) is 8.47. The van der Waals surface area contributed by atoms with Gasteiger partial charge in [0.1, 0.15) is 17.3 Å². The molecule has 0 radical (unpaired) electrons. The van der Waals surface area contributed by atoms with Crippen LogP contribution in [0.2, 0.25) is 0 Å². The Morgan fingerprint density at radius 1 is 1.32 bits per heavy atom. The third kappa shape index (κ3) is 3.11. The Hall–Kier alpha value is -2.61. The number of ether oxygens (including phenoxy) is 1. The molecule has 1 aromatic heterocycles. The summed E-state index contributed by atoms with van der Waals surface area (Å²) in [4.78, 5) is 19.1. The van der Waals surface area contributed by atoms with Crippen molar-refractivity contribution in [3.05, 3.63) is 47.4 Å². The molecule has 150 valence electrons. The summed E-state index contributed by atoms with van der Waals surface area (Å²) in [5.74, 6) is 3.18. The Balaban J connectivity index is 2.11. The van der Waals surface area contributed by atoms with Gasteiger partial charge in [0.15, 0.2) is 0 Å². The maximum absolute atomic E-state index is 14.8. The second kappa shape index (κ2) is 6.48. The number of rotatable bonds is 3. The van der Waals surface area contributed by atoms with E-state index in [0.29, 0.717) is 11.3 Å². The van der Waals surface area contributed by atoms with E-state index in [1.807, 2.05) is 0 Å². The van der Waals surface area contributed by atoms with Crippen LogP contribution in [-0.4, -0.2) is 44.5 Å². The Labute approximate surface area is 164 Å². The lowest BCUT2D eigenvalue weighted by Crippen LogP contribution is -2.54. The highest BCUT2D eigenvalue weighted by molar-refractivity contribution is 8.02. The first-order valence-electron chi connectivity index (χ1n) is 8.69. The van der Waals surface area contributed by atoms with Gasteiger partial charge < -0.3 is 15.5 Å². The molecule has 0 aliphatic carbocycles. The number of amidine groups is 1. The number of nitrogens with two attached hydrogens (primary N) is 1. The van der Waals surface area contributed by atoms with Gasteiger partial charge in [-0.25, -0.2) is 9.18 Å². The van der Waals surface area contributed by atoms with Crippen molar-refractivity contribution >= 4 is 27.2 Å². The zero-order valence-electron chi connectivity index (χ0n) is 16.3. The van der Waals surface area contributed by atoms with E-state index in [-0.39, 0.29) is 22.8 Å². The standard InChI is InChI=1S/C20H24FN3O3S/c1-19(2)18(22)24-20(3,11-28(19,5)26)13-10-12(6-7-14(13)21)15-8-9-16(23-15)17(25)27-4/h6-10,23H,5,11H2,1-4H3,(H2,22,24)/t20-,28?/m0/s1. The molecular formula is C20H24FN3O3S. The summed E-state index contributed by atoms with van der Waals surface area (Å²) in [6, 6.07) is 7.85. The number of halogens is 1. The van der Waals surface area contributed by atoms with Crippen LogP contribution in [0.15, 0.2) is 35.3 Å². The fourth-order valence-electron chi connectivity index (χ4n) is 3.29. The molecule has 6 nitrogen and oxygen atoms in total. The quantitative estimate of drug-likeness (QED) is 0.606. The van der Waals surface area contributed by atoms with Crippen molar-refractivity contribution in [2.45, 2.75) is 31.1 Å². The summed E-state index contributed by atoms with van der Waals surface area (Å²) >= 11 is 0. The van der Waals surface area contributed by atoms with Gasteiger partial charge in [-0.3, -0.25) is 9.20 Å². The van der Waals surface area contributed by atoms with E-state index in [4.69, 9.17) is 10.5 Å². The molecule has 1 unspecified atom stereocenters. The molecule has 1 aliphatic heterocycles. The third-order valence-electron chi connectivity index (χ3n) is 5.38. The maximum atomic E-state index is 14.8. The van der Waals surface area contributed by atoms with E-state index in [0.717, 1.165) is 0 Å². The minimum atomic E-state index is -2.66. The van der Waals surface area contributed by atoms with Crippen LogP contribution in [0.1, 0.15) is 36.8 Å². The average molecular weight is 405 g/mol. The van der Waals surface area contributed by atoms with Gasteiger partial charge in [-0.2, -0.15) is 0 Å². The molecule has 3 N–H and O–H groups in total. The molecule has 1 aromatic carbocycles. The normalized spacial score (nSPS) is 26.5. The Morgan fingerprint density at radius 2 is 2.00 bits per heavy atom. The SMILES string of the molecule is C=S1(=O)C[C@@](C)(c2cc(-c3ccc(C(=O)OC)[nH]3)ccc2F)N=C(N)C1(C)C. The van der Waals surface area contributed by atoms with Crippen molar-refractivity contribution in [3.63, 3.8) is 0 Å². The van der Waals surface area contributed by atoms with Crippen LogP contribution in [0.3, 0.4) is 0 Å². The van der Waals surface area contributed by atoms with Crippen LogP contribution in [0, 0.1) is 5.82 Å². The maximum Gasteiger partial charge on any atom is 0.354 e. The fourth-order valence-corrected chi connectivity index (χ4v) is 5.21. The molecular weight excluding hydrogens is 381 g/mol. The van der Waals surface area contributed by atoms with Crippen LogP contribution in [0.5, 0.6) is 0 Å². The molecule has 0 saturated heterocycles. The van der Waals surface area contributed by atoms with Crippen molar-refractivity contribution in [2.75, 3.05) is 12.9 Å². The number of methoxy groups -OCH3 is 1. The largest absolute Gasteiger partial charge is 0.464 e. The fraction of sp³-hybridized carbons (Fsp3) is 0.350. The monoisotopic (exact) mass is 405 g/mol. The van der Waals surface area contributed by atoms with Crippen LogP contribution >= 0.6 is 0 Å². The number of benzene rings is 1. The van der Waals surface area contributed by atoms with E-state index in [2.05, 4.69) is 15.8 Å². The molecule has 8 heteroatoms. The molecule has 0 bridgehead atoms. The van der Waals surface area contributed by atoms with Crippen LogP contribution in [-0.2, 0) is 19.8 Å². The van der Waals surface area contributed by atoms with Gasteiger partial charge >= 0.3 is 5.97 Å². The molecule has 2 atom stereocenters. The number of aromatic amines is 1. The van der Waals surface area contributed by atoms with Gasteiger partial charge in [0.05, 0.1) is 17.4 Å². The topological polar surface area (TPSA) is 97.5 Å². The summed E-state index contributed by atoms with van der Waals surface area (Å²) in [5.41, 5.74) is 6.82. The number of esters is 1. The van der Waals surface area contributed by atoms with Crippen LogP contribution < -0.4 is 5.73 Å². The number of hydrogen-bond acceptors (Lipinski definition) is 5. The number of carbonyl (C=O) groups excluding carboxylic acids is 1. The summed E-state index contributed by atoms with van der Waals surface area (Å²) in [6.45, 7) is 5.18. The summed E-state index contributed by atoms with van der Waals surface area (Å²) < 4.78 is 31.8. The van der Waals surface area contributed by atoms with Gasteiger partial charge in [0.25, 0.3) is 0 Å². The first-order valence-corrected chi connectivity index (χ1v) is 10.6. The molecule has 2 aromatic rings. The lowest BCUT2D eigenvalue weighted by molar-refractivity contribution is 0.0595. The second-order valence-corrected chi connectivity index (χ2v) is 10.6. The van der Waals surface area contributed by atoms with Gasteiger partial charge in [-0.15, -0.1) is 0 Å². The smallest absolute Gasteiger partial charge is 0.354 e. The number of aliphatic imine (C=N–C) groups is 1. The molecule has 2 heterocycles. The number of carbonyl (C=O) groups is 1. The number of H-pyrrole nitrogens is 1. The van der Waals surface area contributed by atoms with Crippen molar-refractivity contribution < 1.29 is 18.1 Å². The van der Waals surface area contributed by atoms with E-state index in [1.165, 1.54) is 13.2 Å². The summed E-state index contributed by atoms with van der Waals surface area (Å²) in [5, 5.41) is 0. The van der Waals surface area contributed by atoms with Gasteiger partial charge in [-0.05, 0) is 72.1 Å². The molecule has 28 heavy (non-hydrogen) atoms. The average Bonchev–Trinajstić information content (AvgIpc) is 3.09. The minimum Gasteiger partial charge on any atom is -0.464 e. The lowest BCUT2D eigenvalue weighted by Gasteiger charge is -2.41. The Morgan fingerprint density at radius 3 is 2.61 bits per heavy atom. The van der Waals surface area contributed by atoms with Crippen LogP contribution in [0.25, 0.3) is 11.3 Å². The zero-order chi connectivity index (χ0) is 20.9. The van der Waals surface area contributed by atoms with Gasteiger partial charge in [0, 0.05) is 17.0 Å². The highest BCUT2D eigenvalue weighted by atomic mass is 32.2. The molecule has 0 spiro atoms. The predicted molar refractivity (Wildman–Crippen MR) is 111 cm³/mol. The molecule has 0 saturated carbocycles. The first kappa shape index (κ1) is 20.1.